The predicted molar refractivity (Wildman–Crippen MR) is 121 cm³/mol. The number of rotatable bonds is 9. The topological polar surface area (TPSA) is 91.6 Å². The van der Waals surface area contributed by atoms with Crippen molar-refractivity contribution in [3.05, 3.63) is 50.8 Å². The van der Waals surface area contributed by atoms with E-state index in [9.17, 15) is 9.90 Å². The third-order valence-corrected chi connectivity index (χ3v) is 6.79. The van der Waals surface area contributed by atoms with E-state index in [1.54, 1.807) is 17.6 Å². The van der Waals surface area contributed by atoms with Crippen LogP contribution in [-0.4, -0.2) is 45.3 Å². The van der Waals surface area contributed by atoms with E-state index in [-0.39, 0.29) is 18.3 Å². The molecule has 3 aromatic heterocycles. The maximum absolute atomic E-state index is 12.9. The Bertz CT molecular complexity index is 1060. The molecule has 0 saturated heterocycles. The number of H-pyrrole nitrogens is 1. The molecular formula is C23H31N3O4S. The van der Waals surface area contributed by atoms with Gasteiger partial charge in [0.1, 0.15) is 16.4 Å². The second-order valence-corrected chi connectivity index (χ2v) is 9.91. The lowest BCUT2D eigenvalue weighted by Gasteiger charge is -2.24. The summed E-state index contributed by atoms with van der Waals surface area (Å²) in [5.74, 6) is 2.05. The van der Waals surface area contributed by atoms with Gasteiger partial charge in [0, 0.05) is 11.4 Å². The van der Waals surface area contributed by atoms with Crippen LogP contribution < -0.4 is 5.56 Å². The molecule has 0 bridgehead atoms. The van der Waals surface area contributed by atoms with Crippen molar-refractivity contribution in [1.82, 2.24) is 14.9 Å². The van der Waals surface area contributed by atoms with Gasteiger partial charge in [-0.05, 0) is 56.7 Å². The highest BCUT2D eigenvalue weighted by molar-refractivity contribution is 7.18. The molecule has 0 amide bonds. The molecule has 8 heteroatoms. The number of hydrogen-bond donors (Lipinski definition) is 2. The lowest BCUT2D eigenvalue weighted by Crippen LogP contribution is -2.35. The van der Waals surface area contributed by atoms with Crippen molar-refractivity contribution in [3.63, 3.8) is 0 Å². The van der Waals surface area contributed by atoms with Crippen molar-refractivity contribution in [1.29, 1.82) is 0 Å². The van der Waals surface area contributed by atoms with Gasteiger partial charge in [0.05, 0.1) is 43.6 Å². The van der Waals surface area contributed by atoms with E-state index in [0.717, 1.165) is 35.2 Å². The van der Waals surface area contributed by atoms with Crippen molar-refractivity contribution < 1.29 is 14.3 Å². The molecule has 1 aliphatic carbocycles. The van der Waals surface area contributed by atoms with Gasteiger partial charge in [-0.2, -0.15) is 0 Å². The average Bonchev–Trinajstić information content (AvgIpc) is 3.33. The van der Waals surface area contributed by atoms with Gasteiger partial charge in [0.15, 0.2) is 0 Å². The van der Waals surface area contributed by atoms with Crippen molar-refractivity contribution in [2.75, 3.05) is 13.2 Å². The molecule has 4 rings (SSSR count). The number of aliphatic hydroxyl groups is 1. The fraction of sp³-hybridized carbons (Fsp3) is 0.565. The van der Waals surface area contributed by atoms with Crippen LogP contribution >= 0.6 is 11.3 Å². The highest BCUT2D eigenvalue weighted by Crippen LogP contribution is 2.35. The van der Waals surface area contributed by atoms with Gasteiger partial charge in [-0.1, -0.05) is 6.92 Å². The molecule has 0 unspecified atom stereocenters. The van der Waals surface area contributed by atoms with Crippen LogP contribution in [0.15, 0.2) is 27.6 Å². The van der Waals surface area contributed by atoms with E-state index < -0.39 is 6.10 Å². The summed E-state index contributed by atoms with van der Waals surface area (Å²) in [6.45, 7) is 7.70. The van der Waals surface area contributed by atoms with E-state index in [4.69, 9.17) is 14.1 Å². The number of aryl methyl sites for hydroxylation is 1. The van der Waals surface area contributed by atoms with Gasteiger partial charge in [0.25, 0.3) is 5.56 Å². The smallest absolute Gasteiger partial charge is 0.259 e. The molecule has 0 aromatic carbocycles. The normalized spacial score (nSPS) is 17.5. The highest BCUT2D eigenvalue weighted by Gasteiger charge is 2.24. The highest BCUT2D eigenvalue weighted by atomic mass is 32.1. The zero-order valence-corrected chi connectivity index (χ0v) is 19.2. The zero-order valence-electron chi connectivity index (χ0n) is 18.4. The van der Waals surface area contributed by atoms with Gasteiger partial charge in [-0.15, -0.1) is 11.3 Å². The van der Waals surface area contributed by atoms with Crippen LogP contribution in [0.2, 0.25) is 0 Å². The maximum Gasteiger partial charge on any atom is 0.259 e. The summed E-state index contributed by atoms with van der Waals surface area (Å²) in [5.41, 5.74) is 1.13. The molecular weight excluding hydrogens is 414 g/mol. The van der Waals surface area contributed by atoms with Crippen LogP contribution in [0.1, 0.15) is 49.2 Å². The van der Waals surface area contributed by atoms with Crippen LogP contribution in [0, 0.1) is 5.92 Å². The van der Waals surface area contributed by atoms with Crippen molar-refractivity contribution in [3.8, 4) is 0 Å². The molecule has 3 aromatic rings. The van der Waals surface area contributed by atoms with Crippen LogP contribution in [0.4, 0.5) is 0 Å². The number of aromatic nitrogens is 2. The summed E-state index contributed by atoms with van der Waals surface area (Å²) >= 11 is 1.65. The number of thiophene rings is 1. The van der Waals surface area contributed by atoms with Gasteiger partial charge in [0.2, 0.25) is 0 Å². The van der Waals surface area contributed by atoms with Crippen LogP contribution in [0.5, 0.6) is 0 Å². The minimum atomic E-state index is -0.650. The Hall–Kier alpha value is -2.00. The average molecular weight is 446 g/mol. The summed E-state index contributed by atoms with van der Waals surface area (Å²) < 4.78 is 11.0. The number of aliphatic hydroxyl groups excluding tert-OH is 1. The minimum absolute atomic E-state index is 0.0567. The minimum Gasteiger partial charge on any atom is -0.468 e. The zero-order chi connectivity index (χ0) is 22.0. The summed E-state index contributed by atoms with van der Waals surface area (Å²) in [5, 5.41) is 11.2. The second-order valence-electron chi connectivity index (χ2n) is 8.83. The van der Waals surface area contributed by atoms with E-state index in [2.05, 4.69) is 11.9 Å². The lowest BCUT2D eigenvalue weighted by molar-refractivity contribution is -0.0117. The third kappa shape index (κ3) is 5.44. The van der Waals surface area contributed by atoms with E-state index in [0.29, 0.717) is 31.4 Å². The number of fused-ring (bicyclic) bond motifs is 3. The molecule has 0 radical (unpaired) electrons. The number of nitrogens with zero attached hydrogens (tertiary/aromatic N) is 2. The third-order valence-electron chi connectivity index (χ3n) is 5.64. The molecule has 1 aliphatic rings. The summed E-state index contributed by atoms with van der Waals surface area (Å²) in [7, 11) is 0. The lowest BCUT2D eigenvalue weighted by atomic mass is 9.89. The quantitative estimate of drug-likeness (QED) is 0.524. The van der Waals surface area contributed by atoms with Gasteiger partial charge >= 0.3 is 0 Å². The molecule has 31 heavy (non-hydrogen) atoms. The molecule has 0 aliphatic heterocycles. The first kappa shape index (κ1) is 22.2. The summed E-state index contributed by atoms with van der Waals surface area (Å²) in [6, 6.07) is 3.74. The Balaban J connectivity index is 1.56. The fourth-order valence-electron chi connectivity index (χ4n) is 4.14. The molecule has 7 nitrogen and oxygen atoms in total. The number of furan rings is 1. The molecule has 3 heterocycles. The monoisotopic (exact) mass is 445 g/mol. The Morgan fingerprint density at radius 2 is 2.26 bits per heavy atom. The van der Waals surface area contributed by atoms with Crippen molar-refractivity contribution in [2.45, 2.75) is 65.3 Å². The Labute approximate surface area is 186 Å². The first-order chi connectivity index (χ1) is 14.9. The molecule has 2 N–H and O–H groups in total. The predicted octanol–water partition coefficient (Wildman–Crippen LogP) is 3.49. The molecule has 168 valence electrons. The van der Waals surface area contributed by atoms with Crippen LogP contribution in [0.25, 0.3) is 10.2 Å². The molecule has 0 spiro atoms. The van der Waals surface area contributed by atoms with E-state index in [1.807, 2.05) is 30.9 Å². The molecule has 0 saturated carbocycles. The summed E-state index contributed by atoms with van der Waals surface area (Å²) in [4.78, 5) is 24.8. The number of nitrogens with one attached hydrogen (secondary N) is 1. The molecule has 0 fully saturated rings. The molecule has 2 atom stereocenters. The fourth-order valence-corrected chi connectivity index (χ4v) is 5.54. The second kappa shape index (κ2) is 9.65. The Kier molecular flexibility index (Phi) is 6.91. The summed E-state index contributed by atoms with van der Waals surface area (Å²) in [6.07, 6.45) is 4.14. The van der Waals surface area contributed by atoms with Gasteiger partial charge in [-0.3, -0.25) is 9.69 Å². The van der Waals surface area contributed by atoms with Crippen molar-refractivity contribution >= 4 is 21.6 Å². The van der Waals surface area contributed by atoms with Crippen LogP contribution in [-0.2, 0) is 30.7 Å². The van der Waals surface area contributed by atoms with E-state index in [1.165, 1.54) is 10.4 Å². The first-order valence-electron chi connectivity index (χ1n) is 11.0. The number of hydrogen-bond acceptors (Lipinski definition) is 7. The van der Waals surface area contributed by atoms with Crippen molar-refractivity contribution in [2.24, 2.45) is 5.92 Å². The SMILES string of the molecule is CC(C)OC[C@@H](O)CN(Cc1nc2sc3c(c2c(=O)[nH]1)CC[C@H](C)C3)Cc1ccco1. The van der Waals surface area contributed by atoms with Crippen LogP contribution in [0.3, 0.4) is 0 Å². The number of ether oxygens (including phenoxy) is 1. The Morgan fingerprint density at radius 1 is 1.42 bits per heavy atom. The number of aromatic amines is 1. The van der Waals surface area contributed by atoms with Gasteiger partial charge in [-0.25, -0.2) is 4.98 Å². The largest absolute Gasteiger partial charge is 0.468 e. The van der Waals surface area contributed by atoms with Gasteiger partial charge < -0.3 is 19.2 Å². The Morgan fingerprint density at radius 3 is 3.00 bits per heavy atom. The first-order valence-corrected chi connectivity index (χ1v) is 11.8. The maximum atomic E-state index is 12.9. The van der Waals surface area contributed by atoms with E-state index >= 15 is 0 Å². The standard InChI is InChI=1S/C23H31N3O4S/c1-14(2)30-13-16(27)10-26(11-17-5-4-8-29-17)12-20-24-22(28)21-18-7-6-15(3)9-19(18)31-23(21)25-20/h4-5,8,14-16,27H,6-7,9-13H2,1-3H3,(H,24,25,28)/t15-,16-/m0/s1.